The van der Waals surface area contributed by atoms with Crippen molar-refractivity contribution in [1.29, 1.82) is 0 Å². The van der Waals surface area contributed by atoms with Crippen LogP contribution in [0.4, 0.5) is 15.8 Å². The van der Waals surface area contributed by atoms with E-state index in [2.05, 4.69) is 10.6 Å². The van der Waals surface area contributed by atoms with Crippen LogP contribution in [-0.4, -0.2) is 16.7 Å². The van der Waals surface area contributed by atoms with Crippen molar-refractivity contribution in [2.24, 2.45) is 0 Å². The molecular formula is C21H16FN3O4. The molecule has 7 nitrogen and oxygen atoms in total. The van der Waals surface area contributed by atoms with Crippen LogP contribution in [0.5, 0.6) is 0 Å². The lowest BCUT2D eigenvalue weighted by Gasteiger charge is -2.09. The Balaban J connectivity index is 1.66. The first-order valence-corrected chi connectivity index (χ1v) is 8.61. The molecule has 0 heterocycles. The summed E-state index contributed by atoms with van der Waals surface area (Å²) in [6, 6.07) is 17.6. The first-order valence-electron chi connectivity index (χ1n) is 8.61. The monoisotopic (exact) mass is 393 g/mol. The Morgan fingerprint density at radius 1 is 0.931 bits per heavy atom. The Morgan fingerprint density at radius 3 is 2.38 bits per heavy atom. The zero-order valence-electron chi connectivity index (χ0n) is 15.1. The standard InChI is InChI=1S/C21H16FN3O4/c22-16-10-8-15(9-11-16)20(26)24-17-5-3-4-14(12-17)13-23-21(27)18-6-1-2-7-19(18)25(28)29/h1-12H,13H2,(H,23,27)(H,24,26). The maximum atomic E-state index is 13.0. The fourth-order valence-corrected chi connectivity index (χ4v) is 2.67. The zero-order valence-corrected chi connectivity index (χ0v) is 15.1. The smallest absolute Gasteiger partial charge is 0.282 e. The number of nitrogens with zero attached hydrogens (tertiary/aromatic N) is 1. The van der Waals surface area contributed by atoms with Crippen LogP contribution < -0.4 is 10.6 Å². The summed E-state index contributed by atoms with van der Waals surface area (Å²) in [4.78, 5) is 35.0. The largest absolute Gasteiger partial charge is 0.348 e. The molecular weight excluding hydrogens is 377 g/mol. The van der Waals surface area contributed by atoms with Crippen molar-refractivity contribution in [3.05, 3.63) is 105 Å². The van der Waals surface area contributed by atoms with Gasteiger partial charge in [0, 0.05) is 23.9 Å². The quantitative estimate of drug-likeness (QED) is 0.490. The SMILES string of the molecule is O=C(Nc1cccc(CNC(=O)c2ccccc2[N+](=O)[O-])c1)c1ccc(F)cc1. The van der Waals surface area contributed by atoms with Crippen molar-refractivity contribution in [2.45, 2.75) is 6.54 Å². The molecule has 29 heavy (non-hydrogen) atoms. The Kier molecular flexibility index (Phi) is 5.94. The summed E-state index contributed by atoms with van der Waals surface area (Å²) < 4.78 is 13.0. The second kappa shape index (κ2) is 8.75. The number of anilines is 1. The molecule has 8 heteroatoms. The Hall–Kier alpha value is -4.07. The van der Waals surface area contributed by atoms with Gasteiger partial charge in [0.15, 0.2) is 0 Å². The van der Waals surface area contributed by atoms with E-state index in [-0.39, 0.29) is 17.8 Å². The lowest BCUT2D eigenvalue weighted by atomic mass is 10.1. The molecule has 0 spiro atoms. The van der Waals surface area contributed by atoms with Crippen LogP contribution in [0.15, 0.2) is 72.8 Å². The van der Waals surface area contributed by atoms with E-state index >= 15 is 0 Å². The number of nitrogens with one attached hydrogen (secondary N) is 2. The maximum absolute atomic E-state index is 13.0. The average molecular weight is 393 g/mol. The second-order valence-electron chi connectivity index (χ2n) is 6.12. The molecule has 0 saturated heterocycles. The highest BCUT2D eigenvalue weighted by atomic mass is 19.1. The number of hydrogen-bond acceptors (Lipinski definition) is 4. The number of para-hydroxylation sites is 1. The third kappa shape index (κ3) is 5.01. The normalized spacial score (nSPS) is 10.2. The predicted molar refractivity (Wildman–Crippen MR) is 105 cm³/mol. The third-order valence-corrected chi connectivity index (χ3v) is 4.09. The van der Waals surface area contributed by atoms with Crippen LogP contribution >= 0.6 is 0 Å². The van der Waals surface area contributed by atoms with Gasteiger partial charge in [-0.2, -0.15) is 0 Å². The number of halogens is 1. The molecule has 0 radical (unpaired) electrons. The first kappa shape index (κ1) is 19.7. The van der Waals surface area contributed by atoms with E-state index in [1.54, 1.807) is 30.3 Å². The number of amides is 2. The van der Waals surface area contributed by atoms with E-state index < -0.39 is 22.6 Å². The van der Waals surface area contributed by atoms with Gasteiger partial charge in [-0.15, -0.1) is 0 Å². The van der Waals surface area contributed by atoms with Gasteiger partial charge in [0.25, 0.3) is 17.5 Å². The highest BCUT2D eigenvalue weighted by Gasteiger charge is 2.18. The fourth-order valence-electron chi connectivity index (χ4n) is 2.67. The third-order valence-electron chi connectivity index (χ3n) is 4.09. The van der Waals surface area contributed by atoms with Crippen LogP contribution in [-0.2, 0) is 6.54 Å². The Morgan fingerprint density at radius 2 is 1.66 bits per heavy atom. The average Bonchev–Trinajstić information content (AvgIpc) is 2.72. The van der Waals surface area contributed by atoms with E-state index in [1.807, 2.05) is 0 Å². The number of rotatable bonds is 6. The lowest BCUT2D eigenvalue weighted by molar-refractivity contribution is -0.385. The van der Waals surface area contributed by atoms with Gasteiger partial charge in [0.05, 0.1) is 4.92 Å². The minimum atomic E-state index is -0.611. The summed E-state index contributed by atoms with van der Waals surface area (Å²) in [5.74, 6) is -1.40. The summed E-state index contributed by atoms with van der Waals surface area (Å²) >= 11 is 0. The van der Waals surface area contributed by atoms with E-state index in [0.29, 0.717) is 16.8 Å². The Bertz CT molecular complexity index is 1070. The molecule has 0 atom stereocenters. The molecule has 0 unspecified atom stereocenters. The van der Waals surface area contributed by atoms with Crippen LogP contribution in [0.25, 0.3) is 0 Å². The van der Waals surface area contributed by atoms with Crippen molar-refractivity contribution in [3.63, 3.8) is 0 Å². The summed E-state index contributed by atoms with van der Waals surface area (Å²) in [5.41, 5.74) is 1.19. The van der Waals surface area contributed by atoms with Crippen molar-refractivity contribution < 1.29 is 18.9 Å². The van der Waals surface area contributed by atoms with Gasteiger partial charge < -0.3 is 10.6 Å². The van der Waals surface area contributed by atoms with Crippen molar-refractivity contribution in [2.75, 3.05) is 5.32 Å². The lowest BCUT2D eigenvalue weighted by Crippen LogP contribution is -2.23. The molecule has 0 aliphatic carbocycles. The van der Waals surface area contributed by atoms with Crippen LogP contribution in [0.1, 0.15) is 26.3 Å². The summed E-state index contributed by atoms with van der Waals surface area (Å²) in [5, 5.41) is 16.4. The van der Waals surface area contributed by atoms with Gasteiger partial charge in [-0.3, -0.25) is 19.7 Å². The van der Waals surface area contributed by atoms with Gasteiger partial charge in [-0.25, -0.2) is 4.39 Å². The molecule has 0 aromatic heterocycles. The number of nitro benzene ring substituents is 1. The van der Waals surface area contributed by atoms with E-state index in [9.17, 15) is 24.1 Å². The minimum Gasteiger partial charge on any atom is -0.348 e. The van der Waals surface area contributed by atoms with E-state index in [4.69, 9.17) is 0 Å². The number of carbonyl (C=O) groups excluding carboxylic acids is 2. The molecule has 2 N–H and O–H groups in total. The highest BCUT2D eigenvalue weighted by molar-refractivity contribution is 6.04. The molecule has 0 bridgehead atoms. The molecule has 2 amide bonds. The minimum absolute atomic E-state index is 0.0294. The first-order chi connectivity index (χ1) is 13.9. The molecule has 0 saturated carbocycles. The molecule has 146 valence electrons. The zero-order chi connectivity index (χ0) is 20.8. The number of hydrogen-bond donors (Lipinski definition) is 2. The fraction of sp³-hybridized carbons (Fsp3) is 0.0476. The summed E-state index contributed by atoms with van der Waals surface area (Å²) in [6.07, 6.45) is 0. The molecule has 3 aromatic rings. The van der Waals surface area contributed by atoms with Crippen LogP contribution in [0.3, 0.4) is 0 Å². The maximum Gasteiger partial charge on any atom is 0.282 e. The summed E-state index contributed by atoms with van der Waals surface area (Å²) in [7, 11) is 0. The van der Waals surface area contributed by atoms with E-state index in [0.717, 1.165) is 0 Å². The molecule has 3 aromatic carbocycles. The van der Waals surface area contributed by atoms with Gasteiger partial charge in [-0.05, 0) is 48.0 Å². The van der Waals surface area contributed by atoms with Gasteiger partial charge >= 0.3 is 0 Å². The molecule has 0 fully saturated rings. The van der Waals surface area contributed by atoms with Gasteiger partial charge in [-0.1, -0.05) is 24.3 Å². The number of benzene rings is 3. The van der Waals surface area contributed by atoms with Crippen molar-refractivity contribution in [3.8, 4) is 0 Å². The van der Waals surface area contributed by atoms with Crippen molar-refractivity contribution in [1.82, 2.24) is 5.32 Å². The summed E-state index contributed by atoms with van der Waals surface area (Å²) in [6.45, 7) is 0.116. The number of carbonyl (C=O) groups is 2. The highest BCUT2D eigenvalue weighted by Crippen LogP contribution is 2.18. The van der Waals surface area contributed by atoms with Gasteiger partial charge in [0.2, 0.25) is 0 Å². The predicted octanol–water partition coefficient (Wildman–Crippen LogP) is 3.92. The molecule has 0 aliphatic heterocycles. The van der Waals surface area contributed by atoms with Gasteiger partial charge in [0.1, 0.15) is 11.4 Å². The molecule has 3 rings (SSSR count). The molecule has 0 aliphatic rings. The number of nitro groups is 1. The van der Waals surface area contributed by atoms with Crippen LogP contribution in [0, 0.1) is 15.9 Å². The Labute approximate surface area is 165 Å². The van der Waals surface area contributed by atoms with Crippen LogP contribution in [0.2, 0.25) is 0 Å². The second-order valence-corrected chi connectivity index (χ2v) is 6.12. The van der Waals surface area contributed by atoms with Crippen molar-refractivity contribution >= 4 is 23.2 Å². The van der Waals surface area contributed by atoms with E-state index in [1.165, 1.54) is 42.5 Å². The topological polar surface area (TPSA) is 101 Å².